The topological polar surface area (TPSA) is 135 Å². The first kappa shape index (κ1) is 48.9. The number of hydrogen-bond acceptors (Lipinski definition) is 8. The third-order valence-corrected chi connectivity index (χ3v) is 5.15. The molecule has 0 saturated carbocycles. The maximum atomic E-state index is 9.00. The van der Waals surface area contributed by atoms with Crippen molar-refractivity contribution in [2.24, 2.45) is 0 Å². The van der Waals surface area contributed by atoms with Gasteiger partial charge in [-0.15, -0.1) is 0 Å². The van der Waals surface area contributed by atoms with Gasteiger partial charge in [-0.25, -0.2) is 15.0 Å². The number of carbonyl (C=O) groups excluding carboxylic acids is 1. The van der Waals surface area contributed by atoms with E-state index in [0.29, 0.717) is 16.9 Å². The Balaban J connectivity index is -0.000000125. The summed E-state index contributed by atoms with van der Waals surface area (Å²) >= 11 is 24.1. The summed E-state index contributed by atoms with van der Waals surface area (Å²) in [6.45, 7) is 2.06. The Kier molecular flexibility index (Phi) is 40.9. The van der Waals surface area contributed by atoms with E-state index < -0.39 is 11.9 Å². The largest absolute Gasteiger partial charge is 1.00 e. The van der Waals surface area contributed by atoms with Crippen LogP contribution in [0.25, 0.3) is 0 Å². The van der Waals surface area contributed by atoms with Crippen molar-refractivity contribution in [1.82, 2.24) is 15.0 Å². The number of rotatable bonds is 2. The first-order valence-corrected chi connectivity index (χ1v) is 16.4. The second-order valence-electron chi connectivity index (χ2n) is 5.45. The minimum absolute atomic E-state index is 0. The number of halogens is 7. The number of aliphatic carboxylic acids is 2. The van der Waals surface area contributed by atoms with E-state index in [1.54, 1.807) is 38.9 Å². The molecule has 3 rings (SSSR count). The van der Waals surface area contributed by atoms with Crippen molar-refractivity contribution in [2.75, 3.05) is 14.2 Å². The zero-order valence-electron chi connectivity index (χ0n) is 20.6. The number of hydrogen-bond donors (Lipinski definition) is 1. The molecule has 0 aromatic carbocycles. The zero-order chi connectivity index (χ0) is 29.4. The van der Waals surface area contributed by atoms with Gasteiger partial charge < -0.3 is 24.5 Å². The number of carbonyl (C=O) groups is 2. The monoisotopic (exact) mass is 959 g/mol. The third-order valence-electron chi connectivity index (χ3n) is 2.58. The fourth-order valence-corrected chi connectivity index (χ4v) is 3.66. The van der Waals surface area contributed by atoms with Crippen LogP contribution in [0, 0.1) is 0 Å². The second-order valence-corrected chi connectivity index (χ2v) is 9.35. The van der Waals surface area contributed by atoms with Gasteiger partial charge in [-0.1, -0.05) is 25.1 Å². The van der Waals surface area contributed by atoms with Crippen LogP contribution in [0.4, 0.5) is 0 Å². The molecule has 0 fully saturated rings. The first-order valence-electron chi connectivity index (χ1n) is 9.11. The van der Waals surface area contributed by atoms with E-state index in [1.165, 1.54) is 0 Å². The molecule has 0 aliphatic heterocycles. The number of carboxylic acid groups (broad SMARTS) is 2. The van der Waals surface area contributed by atoms with E-state index in [9.17, 15) is 0 Å². The van der Waals surface area contributed by atoms with Crippen LogP contribution < -0.4 is 44.1 Å². The van der Waals surface area contributed by atoms with Gasteiger partial charge in [-0.2, -0.15) is 0 Å². The number of nitrogens with zero attached hydrogens (tertiary/aromatic N) is 3. The molecule has 39 heavy (non-hydrogen) atoms. The summed E-state index contributed by atoms with van der Waals surface area (Å²) < 4.78 is 13.2. The molecule has 0 amide bonds. The SMILES string of the molecule is BrBr.C.CC(=O)O.CC(=O)[O-].COc1ccccn1.COc1ncc(Br)cc1Br.Clc1ncc(Br)cc1Br.[Na+]. The van der Waals surface area contributed by atoms with Crippen molar-refractivity contribution in [3.63, 3.8) is 0 Å². The van der Waals surface area contributed by atoms with Crippen LogP contribution >= 0.6 is 104 Å². The number of pyridine rings is 3. The molecule has 0 spiro atoms. The summed E-state index contributed by atoms with van der Waals surface area (Å²) in [5, 5.41) is 16.8. The first-order chi connectivity index (χ1) is 17.3. The van der Waals surface area contributed by atoms with Gasteiger partial charge in [0.2, 0.25) is 11.8 Å². The van der Waals surface area contributed by atoms with E-state index in [0.717, 1.165) is 31.7 Å². The summed E-state index contributed by atoms with van der Waals surface area (Å²) in [4.78, 5) is 29.6. The van der Waals surface area contributed by atoms with Crippen molar-refractivity contribution in [3.8, 4) is 11.8 Å². The Hall–Kier alpha value is 0.160. The smallest absolute Gasteiger partial charge is 0.550 e. The number of methoxy groups -OCH3 is 2. The molecule has 17 heteroatoms. The van der Waals surface area contributed by atoms with E-state index >= 15 is 0 Å². The number of aromatic nitrogens is 3. The molecule has 0 saturated heterocycles. The van der Waals surface area contributed by atoms with Gasteiger partial charge in [-0.05, 0) is 88.8 Å². The standard InChI is InChI=1S/C6H5Br2NO.C6H7NO.C5H2Br2ClN.2C2H4O2.CH4.Br2.Na/c1-10-6-5(8)2-4(7)3-9-6;1-8-6-4-2-3-5-7-6;6-3-1-4(7)5(8)9-2-3;2*1-2(3)4;;1-2;/h2-3H,1H3;2-5H,1H3;1-2H;2*1H3,(H,3,4);1H4;;/q;;;;;;;+1/p-1. The van der Waals surface area contributed by atoms with Crippen LogP contribution in [0.3, 0.4) is 0 Å². The van der Waals surface area contributed by atoms with Gasteiger partial charge in [0.15, 0.2) is 0 Å². The fraction of sp³-hybridized carbons (Fsp3) is 0.227. The molecule has 0 bridgehead atoms. The van der Waals surface area contributed by atoms with Gasteiger partial charge in [-0.3, -0.25) is 4.79 Å². The van der Waals surface area contributed by atoms with Crippen molar-refractivity contribution >= 4 is 116 Å². The summed E-state index contributed by atoms with van der Waals surface area (Å²) in [5.74, 6) is -0.657. The van der Waals surface area contributed by atoms with Crippen molar-refractivity contribution < 1.29 is 58.8 Å². The maximum absolute atomic E-state index is 9.00. The van der Waals surface area contributed by atoms with Gasteiger partial charge in [0.05, 0.1) is 23.2 Å². The van der Waals surface area contributed by atoms with Gasteiger partial charge in [0, 0.05) is 74.8 Å². The minimum atomic E-state index is -1.08. The molecule has 1 N–H and O–H groups in total. The second kappa shape index (κ2) is 32.7. The maximum Gasteiger partial charge on any atom is 1.00 e. The number of ether oxygens (including phenoxy) is 2. The quantitative estimate of drug-likeness (QED) is 0.274. The molecule has 0 aliphatic carbocycles. The molecule has 0 aliphatic rings. The van der Waals surface area contributed by atoms with Crippen LogP contribution in [0.2, 0.25) is 5.15 Å². The summed E-state index contributed by atoms with van der Waals surface area (Å²) in [7, 11) is 3.18. The Bertz CT molecular complexity index is 1030. The Morgan fingerprint density at radius 1 is 0.897 bits per heavy atom. The van der Waals surface area contributed by atoms with E-state index in [1.807, 2.05) is 24.3 Å². The van der Waals surface area contributed by atoms with E-state index in [4.69, 9.17) is 40.9 Å². The fourth-order valence-electron chi connectivity index (χ4n) is 1.42. The van der Waals surface area contributed by atoms with Crippen molar-refractivity contribution in [1.29, 1.82) is 0 Å². The molecule has 0 unspecified atom stereocenters. The molecule has 3 aromatic heterocycles. The van der Waals surface area contributed by atoms with Crippen LogP contribution in [0.1, 0.15) is 21.3 Å². The molecule has 0 atom stereocenters. The Labute approximate surface area is 304 Å². The minimum Gasteiger partial charge on any atom is -0.550 e. The molecule has 9 nitrogen and oxygen atoms in total. The van der Waals surface area contributed by atoms with Gasteiger partial charge >= 0.3 is 29.6 Å². The average molecular weight is 965 g/mol. The molecular weight excluding hydrogens is 940 g/mol. The average Bonchev–Trinajstić information content (AvgIpc) is 2.84. The molecular formula is C22H25Br6ClN3NaO6. The molecule has 3 aromatic rings. The van der Waals surface area contributed by atoms with Crippen molar-refractivity contribution in [2.45, 2.75) is 21.3 Å². The Morgan fingerprint density at radius 3 is 1.62 bits per heavy atom. The van der Waals surface area contributed by atoms with Crippen LogP contribution in [0.15, 0.2) is 66.8 Å². The predicted molar refractivity (Wildman–Crippen MR) is 170 cm³/mol. The molecule has 214 valence electrons. The van der Waals surface area contributed by atoms with Gasteiger partial charge in [0.25, 0.3) is 5.97 Å². The summed E-state index contributed by atoms with van der Waals surface area (Å²) in [6, 6.07) is 9.26. The third kappa shape index (κ3) is 34.3. The van der Waals surface area contributed by atoms with Crippen LogP contribution in [-0.2, 0) is 9.59 Å². The summed E-state index contributed by atoms with van der Waals surface area (Å²) in [6.07, 6.45) is 5.02. The molecule has 0 radical (unpaired) electrons. The van der Waals surface area contributed by atoms with Crippen LogP contribution in [-0.4, -0.2) is 46.2 Å². The van der Waals surface area contributed by atoms with Crippen molar-refractivity contribution in [3.05, 3.63) is 72.0 Å². The number of carboxylic acids is 2. The summed E-state index contributed by atoms with van der Waals surface area (Å²) in [5.41, 5.74) is 0. The zero-order valence-corrected chi connectivity index (χ0v) is 32.9. The molecule has 3 heterocycles. The van der Waals surface area contributed by atoms with E-state index in [-0.39, 0.29) is 37.0 Å². The Morgan fingerprint density at radius 2 is 1.33 bits per heavy atom. The van der Waals surface area contributed by atoms with Crippen LogP contribution in [0.5, 0.6) is 11.8 Å². The normalized spacial score (nSPS) is 7.87. The van der Waals surface area contributed by atoms with Gasteiger partial charge in [0.1, 0.15) is 5.15 Å². The van der Waals surface area contributed by atoms with E-state index in [2.05, 4.69) is 107 Å². The predicted octanol–water partition coefficient (Wildman–Crippen LogP) is 5.14.